The molecule has 44 heteroatoms. The van der Waals surface area contributed by atoms with Crippen molar-refractivity contribution < 1.29 is 200 Å². The predicted octanol–water partition coefficient (Wildman–Crippen LogP) is 1.69. The summed E-state index contributed by atoms with van der Waals surface area (Å²) < 4.78 is 152. The molecule has 5 heterocycles. The van der Waals surface area contributed by atoms with Gasteiger partial charge < -0.3 is 129 Å². The summed E-state index contributed by atoms with van der Waals surface area (Å²) in [6.45, 7) is 14.7. The van der Waals surface area contributed by atoms with Crippen LogP contribution in [0, 0.1) is 0 Å². The van der Waals surface area contributed by atoms with E-state index in [1.165, 1.54) is 54.6 Å². The Morgan fingerprint density at radius 1 is 0.333 bits per heavy atom. The van der Waals surface area contributed by atoms with Crippen molar-refractivity contribution in [2.45, 2.75) is 282 Å². The van der Waals surface area contributed by atoms with Crippen LogP contribution in [0.2, 0.25) is 25.7 Å². The van der Waals surface area contributed by atoms with Crippen molar-refractivity contribution in [3.05, 3.63) is 71.8 Å². The van der Waals surface area contributed by atoms with E-state index in [2.05, 4.69) is 5.32 Å². The molecule has 0 unspecified atom stereocenters. The third-order valence-electron chi connectivity index (χ3n) is 18.4. The van der Waals surface area contributed by atoms with Crippen LogP contribution in [0.15, 0.2) is 60.7 Å². The highest BCUT2D eigenvalue weighted by Gasteiger charge is 2.64. The Kier molecular flexibility index (Phi) is 37.4. The summed E-state index contributed by atoms with van der Waals surface area (Å²) in [6.07, 6.45) is -52.3. The first kappa shape index (κ1) is 99.5. The molecule has 0 saturated carbocycles. The van der Waals surface area contributed by atoms with Crippen LogP contribution in [-0.4, -0.2) is 303 Å². The van der Waals surface area contributed by atoms with Gasteiger partial charge in [0.1, 0.15) is 87.1 Å². The lowest BCUT2D eigenvalue weighted by Gasteiger charge is -2.52. The van der Waals surface area contributed by atoms with E-state index in [0.717, 1.165) is 97.1 Å². The second kappa shape index (κ2) is 46.3. The van der Waals surface area contributed by atoms with Crippen molar-refractivity contribution in [1.29, 1.82) is 0 Å². The van der Waals surface area contributed by atoms with E-state index in [1.807, 2.05) is 19.6 Å². The van der Waals surface area contributed by atoms with Crippen LogP contribution in [0.1, 0.15) is 124 Å². The summed E-state index contributed by atoms with van der Waals surface area (Å²) in [5.74, 6) is -18.7. The smallest absolute Gasteiger partial charge is 0.339 e. The van der Waals surface area contributed by atoms with Crippen molar-refractivity contribution in [1.82, 2.24) is 5.32 Å². The van der Waals surface area contributed by atoms with Gasteiger partial charge in [-0.2, -0.15) is 0 Å². The average molecular weight is 1770 g/mol. The molecule has 5 aliphatic rings. The standard InChI is InChI=1S/C79H103NO42Si/c1-36(81)28-29-55(94)115-66-65(116-72(95)49-24-20-18-21-25-49)67(74(97)98-14)122-79(71(66)117-73(96)50-26-22-19-23-27-50)121-64-59(105-43(8)88)53(34-102-40(5)85)113-77(70(64)110-48(13)93)118-57-51(32-100-38(3)83)111-75(56(80-37(2)82)61(57)106-44(9)89)120-63-58(104-42(7)87)52(33-101-39(4)84)114-78(69(63)109-47(12)92)119-60-54(35-103-41(6)86)112-76(99-30-31-123(15,16)17)68(108-46(11)91)62(60)107-45(10)90/h18-27,51-54,56-71,75-79H,28-35H2,1-17H3,(H,80,82)/t51-,52-,53-,54-,56-,57-,58+,59+,60-,61-,62+,63+,64+,65+,66+,67+,68-,69-,70-,71-,75+,76-,77+,78+,79-/m1/s1. The molecule has 5 fully saturated rings. The first-order chi connectivity index (χ1) is 57.9. The van der Waals surface area contributed by atoms with Gasteiger partial charge in [-0.25, -0.2) is 14.4 Å². The van der Waals surface area contributed by atoms with E-state index < -0.39 is 302 Å². The van der Waals surface area contributed by atoms with Gasteiger partial charge in [-0.15, -0.1) is 0 Å². The highest BCUT2D eigenvalue weighted by Crippen LogP contribution is 2.42. The molecule has 43 nitrogen and oxygen atoms in total. The zero-order chi connectivity index (χ0) is 91.0. The quantitative estimate of drug-likeness (QED) is 0.0571. The van der Waals surface area contributed by atoms with E-state index >= 15 is 0 Å². The molecule has 5 aliphatic heterocycles. The van der Waals surface area contributed by atoms with Gasteiger partial charge >= 0.3 is 89.5 Å². The monoisotopic (exact) mass is 1770 g/mol. The molecule has 5 saturated heterocycles. The molecule has 680 valence electrons. The van der Waals surface area contributed by atoms with E-state index in [4.69, 9.17) is 118 Å². The Morgan fingerprint density at radius 3 is 1.05 bits per heavy atom. The number of Topliss-reactive ketones (excluding diaryl/α,β-unsaturated/α-hetero) is 1. The molecule has 7 rings (SSSR count). The van der Waals surface area contributed by atoms with Crippen molar-refractivity contribution in [2.24, 2.45) is 0 Å². The number of ether oxygens (including phenoxy) is 25. The number of carbonyl (C=O) groups is 17. The number of carbonyl (C=O) groups excluding carboxylic acids is 17. The zero-order valence-corrected chi connectivity index (χ0v) is 71.5. The van der Waals surface area contributed by atoms with Crippen molar-refractivity contribution >= 4 is 109 Å². The number of hydrogen-bond acceptors (Lipinski definition) is 42. The molecule has 2 aromatic rings. The van der Waals surface area contributed by atoms with Gasteiger partial charge in [0.2, 0.25) is 12.2 Å². The van der Waals surface area contributed by atoms with Crippen molar-refractivity contribution in [3.63, 3.8) is 0 Å². The van der Waals surface area contributed by atoms with Gasteiger partial charge in [0.05, 0.1) is 24.7 Å². The molecule has 0 spiro atoms. The average Bonchev–Trinajstić information content (AvgIpc) is 0.754. The van der Waals surface area contributed by atoms with Crippen LogP contribution in [-0.2, 0) is 190 Å². The topological polar surface area (TPSA) is 533 Å². The number of benzene rings is 2. The molecule has 25 atom stereocenters. The molecule has 0 bridgehead atoms. The lowest BCUT2D eigenvalue weighted by atomic mass is 9.93. The van der Waals surface area contributed by atoms with Gasteiger partial charge in [0.15, 0.2) is 92.3 Å². The summed E-state index contributed by atoms with van der Waals surface area (Å²) in [4.78, 5) is 231. The fourth-order valence-electron chi connectivity index (χ4n) is 13.4. The van der Waals surface area contributed by atoms with Crippen LogP contribution in [0.5, 0.6) is 0 Å². The minimum absolute atomic E-state index is 0.0142. The minimum atomic E-state index is -2.50. The molecule has 2 aromatic carbocycles. The number of rotatable bonds is 37. The van der Waals surface area contributed by atoms with Crippen LogP contribution in [0.25, 0.3) is 0 Å². The summed E-state index contributed by atoms with van der Waals surface area (Å²) >= 11 is 0. The summed E-state index contributed by atoms with van der Waals surface area (Å²) in [6, 6.07) is 12.4. The fraction of sp³-hybridized carbons (Fsp3) is 0.633. The number of ketones is 1. The van der Waals surface area contributed by atoms with Crippen molar-refractivity contribution in [3.8, 4) is 0 Å². The number of hydrogen-bond donors (Lipinski definition) is 1. The van der Waals surface area contributed by atoms with Gasteiger partial charge in [0, 0.05) is 104 Å². The number of amides is 1. The third kappa shape index (κ3) is 29.9. The van der Waals surface area contributed by atoms with E-state index in [1.54, 1.807) is 6.07 Å². The van der Waals surface area contributed by atoms with E-state index in [9.17, 15) is 81.5 Å². The minimum Gasteiger partial charge on any atom is -0.467 e. The molecule has 1 N–H and O–H groups in total. The Labute approximate surface area is 705 Å². The van der Waals surface area contributed by atoms with Crippen LogP contribution < -0.4 is 5.32 Å². The molecule has 1 amide bonds. The second-order valence-corrected chi connectivity index (χ2v) is 35.4. The lowest BCUT2D eigenvalue weighted by molar-refractivity contribution is -0.386. The highest BCUT2D eigenvalue weighted by atomic mass is 28.3. The largest absolute Gasteiger partial charge is 0.467 e. The molecule has 0 radical (unpaired) electrons. The number of nitrogens with one attached hydrogen (secondary N) is 1. The summed E-state index contributed by atoms with van der Waals surface area (Å²) in [5, 5.41) is 2.55. The number of esters is 15. The molecule has 0 aliphatic carbocycles. The second-order valence-electron chi connectivity index (χ2n) is 29.8. The van der Waals surface area contributed by atoms with E-state index in [-0.39, 0.29) is 17.7 Å². The maximum atomic E-state index is 14.6. The van der Waals surface area contributed by atoms with Gasteiger partial charge in [-0.1, -0.05) is 56.0 Å². The zero-order valence-electron chi connectivity index (χ0n) is 70.5. The normalized spacial score (nSPS) is 29.7. The summed E-state index contributed by atoms with van der Waals surface area (Å²) in [5.41, 5.74) is -0.372. The summed E-state index contributed by atoms with van der Waals surface area (Å²) in [7, 11) is -1.04. The van der Waals surface area contributed by atoms with Gasteiger partial charge in [-0.3, -0.25) is 62.3 Å². The fourth-order valence-corrected chi connectivity index (χ4v) is 14.1. The highest BCUT2D eigenvalue weighted by molar-refractivity contribution is 6.76. The van der Waals surface area contributed by atoms with Crippen LogP contribution >= 0.6 is 0 Å². The number of methoxy groups -OCH3 is 1. The van der Waals surface area contributed by atoms with Crippen LogP contribution in [0.3, 0.4) is 0 Å². The first-order valence-corrected chi connectivity index (χ1v) is 42.4. The van der Waals surface area contributed by atoms with Gasteiger partial charge in [0.25, 0.3) is 0 Å². The van der Waals surface area contributed by atoms with Gasteiger partial charge in [-0.05, 0) is 37.2 Å². The molecule has 123 heavy (non-hydrogen) atoms. The Balaban J connectivity index is 1.45. The Bertz CT molecular complexity index is 4060. The molecular weight excluding hydrogens is 1660 g/mol. The van der Waals surface area contributed by atoms with Crippen LogP contribution in [0.4, 0.5) is 0 Å². The van der Waals surface area contributed by atoms with E-state index in [0.29, 0.717) is 6.04 Å². The Hall–Kier alpha value is -10.6. The van der Waals surface area contributed by atoms with Crippen molar-refractivity contribution in [2.75, 3.05) is 40.1 Å². The first-order valence-electron chi connectivity index (χ1n) is 38.7. The lowest BCUT2D eigenvalue weighted by Crippen LogP contribution is -2.71. The third-order valence-corrected chi connectivity index (χ3v) is 20.1. The maximum absolute atomic E-state index is 14.6. The SMILES string of the molecule is COC(=O)[C@H]1O[C@@H](O[C@H]2[C@@H](OC(C)=O)[C@@H](COC(C)=O)O[C@@H](O[C@H]3[C@H](OC(C)=O)[C@@H](NC(C)=O)[C@H](O[C@H]4[C@@H](OC(C)=O)[C@@H](COC(C)=O)O[C@@H](O[C@H]5[C@H](OC(C)=O)[C@@H](OC(C)=O)[C@H](OCC[Si](C)(C)C)O[C@@H]5COC(C)=O)[C@@H]4OC(C)=O)O[C@@H]3COC(C)=O)[C@@H]2OC(C)=O)[C@H](OC(=O)c2ccccc2)[C@@H](OC(=O)CCC(C)=O)[C@@H]1OC(=O)c1ccccc1. The predicted molar refractivity (Wildman–Crippen MR) is 403 cm³/mol. The maximum Gasteiger partial charge on any atom is 0.339 e. The Morgan fingerprint density at radius 2 is 0.659 bits per heavy atom. The molecule has 0 aromatic heterocycles. The molecular formula is C79H103NO42Si.